The maximum Gasteiger partial charge on any atom is 0.261 e. The Bertz CT molecular complexity index is 3080. The maximum atomic E-state index is 13.5. The van der Waals surface area contributed by atoms with Crippen LogP contribution >= 0.6 is 0 Å². The van der Waals surface area contributed by atoms with Gasteiger partial charge in [0.15, 0.2) is 5.88 Å². The van der Waals surface area contributed by atoms with Crippen LogP contribution in [0.25, 0.3) is 10.8 Å². The van der Waals surface area contributed by atoms with Gasteiger partial charge in [0.2, 0.25) is 0 Å². The summed E-state index contributed by atoms with van der Waals surface area (Å²) in [7, 11) is 0. The van der Waals surface area contributed by atoms with Crippen LogP contribution in [0.15, 0.2) is 78.0 Å². The van der Waals surface area contributed by atoms with Crippen LogP contribution in [0, 0.1) is 92.7 Å². The number of allylic oxidation sites excluding steroid dienone is 2. The molecule has 12 rings (SSSR count). The van der Waals surface area contributed by atoms with Crippen LogP contribution in [0.5, 0.6) is 5.88 Å². The summed E-state index contributed by atoms with van der Waals surface area (Å²) in [5, 5.41) is 36.9. The minimum absolute atomic E-state index is 0.0384. The molecular weight excluding hydrogens is 1150 g/mol. The third-order valence-electron chi connectivity index (χ3n) is 28.3. The molecule has 6 saturated carbocycles. The van der Waals surface area contributed by atoms with E-state index in [0.717, 1.165) is 108 Å². The molecule has 1 aliphatic heterocycles. The van der Waals surface area contributed by atoms with E-state index >= 15 is 0 Å². The average Bonchev–Trinajstić information content (AvgIpc) is 1.71. The van der Waals surface area contributed by atoms with Crippen LogP contribution in [0.2, 0.25) is 0 Å². The number of ether oxygens (including phenoxy) is 2. The van der Waals surface area contributed by atoms with Gasteiger partial charge in [0.1, 0.15) is 0 Å². The number of carbonyl (C=O) groups is 2. The molecule has 2 heterocycles. The van der Waals surface area contributed by atoms with Crippen LogP contribution in [-0.4, -0.2) is 130 Å². The summed E-state index contributed by atoms with van der Waals surface area (Å²) < 4.78 is 14.7. The van der Waals surface area contributed by atoms with E-state index in [0.29, 0.717) is 93.1 Å². The highest BCUT2D eigenvalue weighted by atomic mass is 16.5. The maximum absolute atomic E-state index is 13.5. The molecule has 8 aliphatic carbocycles. The van der Waals surface area contributed by atoms with Crippen LogP contribution in [0.3, 0.4) is 0 Å². The number of β-amino-alcohol motifs (C(OH)–C–C–N with tert-alkyl or cyclic N) is 1. The Morgan fingerprint density at radius 2 is 1.01 bits per heavy atom. The first-order valence-corrected chi connectivity index (χ1v) is 38.2. The number of benzene rings is 2. The zero-order valence-corrected chi connectivity index (χ0v) is 59.5. The van der Waals surface area contributed by atoms with Gasteiger partial charge in [-0.3, -0.25) is 24.3 Å². The molecule has 93 heavy (non-hydrogen) atoms. The number of fused-ring (bicyclic) bond motifs is 12. The molecule has 3 aromatic rings. The number of aliphatic hydroxyl groups is 2. The SMILES string of the molecule is CC(C)CCCC(C)C1CCC2C3CC=C4CC(N(CCOCCOCCN(CC(O)Cn5cc6ccccc6c5O)C5CCC6(C)C(=CCC7C6CCC6(C)C(C(C)CCCC(C)C)CCC76)C5)CC(O)CN5C(=O)c6ccccc6C5=O)CCC4(C)C3CCC12C. The summed E-state index contributed by atoms with van der Waals surface area (Å²) in [5.41, 5.74) is 5.42. The van der Waals surface area contributed by atoms with E-state index in [1.54, 1.807) is 35.4 Å². The first kappa shape index (κ1) is 69.1. The Morgan fingerprint density at radius 3 is 1.48 bits per heavy atom. The van der Waals surface area contributed by atoms with Crippen LogP contribution in [-0.2, 0) is 16.0 Å². The van der Waals surface area contributed by atoms with Gasteiger partial charge < -0.3 is 29.4 Å². The van der Waals surface area contributed by atoms with Gasteiger partial charge in [-0.05, 0) is 214 Å². The molecule has 18 unspecified atom stereocenters. The van der Waals surface area contributed by atoms with Crippen molar-refractivity contribution in [3.05, 3.63) is 89.2 Å². The van der Waals surface area contributed by atoms with Crippen molar-refractivity contribution in [2.75, 3.05) is 59.2 Å². The molecule has 0 saturated heterocycles. The summed E-state index contributed by atoms with van der Waals surface area (Å²) >= 11 is 0. The molecule has 514 valence electrons. The second-order valence-electron chi connectivity index (χ2n) is 34.4. The second kappa shape index (κ2) is 28.9. The summed E-state index contributed by atoms with van der Waals surface area (Å²) in [6, 6.07) is 15.4. The number of amides is 2. The summed E-state index contributed by atoms with van der Waals surface area (Å²) in [4.78, 5) is 33.3. The van der Waals surface area contributed by atoms with E-state index in [1.807, 2.05) is 35.0 Å². The number of hydrogen-bond acceptors (Lipinski definition) is 9. The molecule has 0 bridgehead atoms. The summed E-state index contributed by atoms with van der Waals surface area (Å²) in [5.74, 6) is 9.07. The highest BCUT2D eigenvalue weighted by Gasteiger charge is 2.61. The second-order valence-corrected chi connectivity index (χ2v) is 34.4. The van der Waals surface area contributed by atoms with Gasteiger partial charge in [-0.25, -0.2) is 0 Å². The first-order chi connectivity index (χ1) is 44.6. The largest absolute Gasteiger partial charge is 0.494 e. The van der Waals surface area contributed by atoms with E-state index in [2.05, 4.69) is 91.2 Å². The fourth-order valence-electron chi connectivity index (χ4n) is 23.3. The number of aromatic nitrogens is 1. The van der Waals surface area contributed by atoms with Gasteiger partial charge in [-0.15, -0.1) is 0 Å². The number of aromatic hydroxyl groups is 1. The normalized spacial score (nSPS) is 34.5. The average molecular weight is 1280 g/mol. The lowest BCUT2D eigenvalue weighted by molar-refractivity contribution is -0.0577. The van der Waals surface area contributed by atoms with Crippen molar-refractivity contribution in [3.8, 4) is 5.88 Å². The summed E-state index contributed by atoms with van der Waals surface area (Å²) in [6.07, 6.45) is 33.9. The quantitative estimate of drug-likeness (QED) is 0.0354. The number of rotatable bonds is 29. The molecule has 0 spiro atoms. The highest BCUT2D eigenvalue weighted by Crippen LogP contribution is 2.69. The number of aliphatic hydroxyl groups excluding tert-OH is 2. The van der Waals surface area contributed by atoms with Crippen molar-refractivity contribution < 1.29 is 34.4 Å². The molecule has 6 fully saturated rings. The predicted octanol–water partition coefficient (Wildman–Crippen LogP) is 16.8. The highest BCUT2D eigenvalue weighted by molar-refractivity contribution is 6.21. The number of imide groups is 1. The molecule has 18 atom stereocenters. The Labute approximate surface area is 561 Å². The van der Waals surface area contributed by atoms with Crippen molar-refractivity contribution >= 4 is 22.6 Å². The minimum atomic E-state index is -0.909. The Kier molecular flexibility index (Phi) is 21.5. The van der Waals surface area contributed by atoms with E-state index in [4.69, 9.17) is 9.47 Å². The van der Waals surface area contributed by atoms with Gasteiger partial charge in [0.25, 0.3) is 11.8 Å². The lowest BCUT2D eigenvalue weighted by Crippen LogP contribution is -2.53. The molecule has 0 radical (unpaired) electrons. The van der Waals surface area contributed by atoms with E-state index in [1.165, 1.54) is 114 Å². The fraction of sp³-hybridized carbons (Fsp3) is 0.756. The van der Waals surface area contributed by atoms with Gasteiger partial charge in [-0.1, -0.05) is 161 Å². The van der Waals surface area contributed by atoms with Crippen molar-refractivity contribution in [3.63, 3.8) is 0 Å². The molecule has 2 aromatic carbocycles. The number of hydrogen-bond donors (Lipinski definition) is 3. The lowest BCUT2D eigenvalue weighted by Gasteiger charge is -2.59. The first-order valence-electron chi connectivity index (χ1n) is 38.2. The molecule has 2 amide bonds. The number of carbonyl (C=O) groups excluding carboxylic acids is 2. The minimum Gasteiger partial charge on any atom is -0.494 e. The molecule has 11 heteroatoms. The van der Waals surface area contributed by atoms with Gasteiger partial charge >= 0.3 is 0 Å². The third-order valence-corrected chi connectivity index (χ3v) is 28.3. The molecule has 11 nitrogen and oxygen atoms in total. The molecular formula is C82H124N4O7. The van der Waals surface area contributed by atoms with E-state index < -0.39 is 12.2 Å². The van der Waals surface area contributed by atoms with Gasteiger partial charge in [0, 0.05) is 55.2 Å². The molecule has 3 N–H and O–H groups in total. The third kappa shape index (κ3) is 13.9. The van der Waals surface area contributed by atoms with E-state index in [-0.39, 0.29) is 41.1 Å². The Morgan fingerprint density at radius 1 is 0.548 bits per heavy atom. The van der Waals surface area contributed by atoms with Crippen molar-refractivity contribution in [2.45, 2.75) is 241 Å². The monoisotopic (exact) mass is 1280 g/mol. The lowest BCUT2D eigenvalue weighted by atomic mass is 9.46. The molecule has 9 aliphatic rings. The smallest absolute Gasteiger partial charge is 0.261 e. The van der Waals surface area contributed by atoms with E-state index in [9.17, 15) is 24.9 Å². The summed E-state index contributed by atoms with van der Waals surface area (Å²) in [6.45, 7) is 29.6. The predicted molar refractivity (Wildman–Crippen MR) is 376 cm³/mol. The van der Waals surface area contributed by atoms with Crippen molar-refractivity contribution in [1.29, 1.82) is 0 Å². The van der Waals surface area contributed by atoms with Crippen molar-refractivity contribution in [1.82, 2.24) is 19.3 Å². The van der Waals surface area contributed by atoms with Crippen LogP contribution in [0.1, 0.15) is 231 Å². The fourth-order valence-corrected chi connectivity index (χ4v) is 23.3. The Hall–Kier alpha value is -3.84. The van der Waals surface area contributed by atoms with Crippen molar-refractivity contribution in [2.24, 2.45) is 92.7 Å². The van der Waals surface area contributed by atoms with Gasteiger partial charge in [-0.2, -0.15) is 0 Å². The zero-order valence-electron chi connectivity index (χ0n) is 59.5. The standard InChI is InChI=1S/C82H124N4O7/c1-54(2)17-15-19-56(5)70-29-31-72-68-27-25-59-47-61(33-37-79(59,7)74(68)35-39-81(70,72)9)83(50-63(87)52-85-49-58-21-11-12-22-65(58)76(85)89)41-43-92-45-46-93-44-42-84(51-64(88)53-86-77(90)66-23-13-14-24-67(66)78(86)91)62-34-38-80(8)60(48-62)26-28-69-73-32-30-71(57(6)20-16-18-55(3)4)82(73,10)40-36-75(69)80/h11-14,21-26,49,54-57,61-64,68-75,87-89H,15-20,27-48,50-53H2,1-10H3. The molecule has 1 aromatic heterocycles. The van der Waals surface area contributed by atoms with Crippen LogP contribution < -0.4 is 0 Å². The van der Waals surface area contributed by atoms with Crippen LogP contribution in [0.4, 0.5) is 0 Å². The Balaban J connectivity index is 0.675. The zero-order chi connectivity index (χ0) is 65.6. The topological polar surface area (TPSA) is 128 Å². The number of nitrogens with zero attached hydrogens (tertiary/aromatic N) is 4. The van der Waals surface area contributed by atoms with Gasteiger partial charge in [0.05, 0.1) is 62.9 Å².